The molecule has 4 rings (SSSR count). The second-order valence-corrected chi connectivity index (χ2v) is 6.29. The van der Waals surface area contributed by atoms with E-state index in [1.54, 1.807) is 0 Å². The van der Waals surface area contributed by atoms with Gasteiger partial charge in [-0.05, 0) is 55.3 Å². The summed E-state index contributed by atoms with van der Waals surface area (Å²) in [6, 6.07) is 22.7. The van der Waals surface area contributed by atoms with Crippen molar-refractivity contribution in [2.45, 2.75) is 20.4 Å². The highest BCUT2D eigenvalue weighted by molar-refractivity contribution is 6.09. The molecule has 0 fully saturated rings. The maximum Gasteiger partial charge on any atom is 0.338 e. The topological polar surface area (TPSA) is 31.2 Å². The summed E-state index contributed by atoms with van der Waals surface area (Å²) in [4.78, 5) is 11.8. The fourth-order valence-corrected chi connectivity index (χ4v) is 3.59. The number of fused-ring (bicyclic) bond motifs is 3. The number of nitrogens with zero attached hydrogens (tertiary/aromatic N) is 1. The van der Waals surface area contributed by atoms with Gasteiger partial charge in [0.25, 0.3) is 0 Å². The standard InChI is InChI=1S/C23H21NO2/c1-3-24-21-8-6-5-7-19(21)20-15-18(13-14-22(20)24)16-9-11-17(12-10-16)23(25)26-4-2/h5-15H,3-4H2,1-2H3. The number of rotatable bonds is 4. The van der Waals surface area contributed by atoms with Gasteiger partial charge < -0.3 is 9.30 Å². The molecule has 0 aliphatic rings. The average molecular weight is 343 g/mol. The predicted octanol–water partition coefficient (Wildman–Crippen LogP) is 5.66. The first-order chi connectivity index (χ1) is 12.7. The summed E-state index contributed by atoms with van der Waals surface area (Å²) in [7, 11) is 0. The Balaban J connectivity index is 1.80. The SMILES string of the molecule is CCOC(=O)c1ccc(-c2ccc3c(c2)c2ccccc2n3CC)cc1. The highest BCUT2D eigenvalue weighted by Gasteiger charge is 2.11. The molecule has 26 heavy (non-hydrogen) atoms. The van der Waals surface area contributed by atoms with Crippen LogP contribution in [-0.2, 0) is 11.3 Å². The van der Waals surface area contributed by atoms with Gasteiger partial charge in [0.1, 0.15) is 0 Å². The monoisotopic (exact) mass is 343 g/mol. The fraction of sp³-hybridized carbons (Fsp3) is 0.174. The van der Waals surface area contributed by atoms with Crippen LogP contribution in [0, 0.1) is 0 Å². The van der Waals surface area contributed by atoms with Crippen molar-refractivity contribution in [2.75, 3.05) is 6.61 Å². The molecule has 0 aliphatic carbocycles. The largest absolute Gasteiger partial charge is 0.462 e. The van der Waals surface area contributed by atoms with E-state index in [-0.39, 0.29) is 5.97 Å². The highest BCUT2D eigenvalue weighted by atomic mass is 16.5. The Morgan fingerprint density at radius 3 is 2.27 bits per heavy atom. The van der Waals surface area contributed by atoms with E-state index >= 15 is 0 Å². The maximum absolute atomic E-state index is 11.8. The number of hydrogen-bond donors (Lipinski definition) is 0. The van der Waals surface area contributed by atoms with Crippen LogP contribution in [0.5, 0.6) is 0 Å². The summed E-state index contributed by atoms with van der Waals surface area (Å²) in [5.74, 6) is -0.277. The summed E-state index contributed by atoms with van der Waals surface area (Å²) in [6.45, 7) is 5.32. The van der Waals surface area contributed by atoms with E-state index < -0.39 is 0 Å². The molecular weight excluding hydrogens is 322 g/mol. The summed E-state index contributed by atoms with van der Waals surface area (Å²) < 4.78 is 7.40. The van der Waals surface area contributed by atoms with Gasteiger partial charge in [0.05, 0.1) is 12.2 Å². The fourth-order valence-electron chi connectivity index (χ4n) is 3.59. The zero-order chi connectivity index (χ0) is 18.1. The lowest BCUT2D eigenvalue weighted by molar-refractivity contribution is 0.0526. The van der Waals surface area contributed by atoms with Crippen molar-refractivity contribution in [3.63, 3.8) is 0 Å². The summed E-state index contributed by atoms with van der Waals surface area (Å²) in [5, 5.41) is 2.53. The molecule has 3 aromatic carbocycles. The Kier molecular flexibility index (Phi) is 4.21. The molecular formula is C23H21NO2. The van der Waals surface area contributed by atoms with Crippen LogP contribution >= 0.6 is 0 Å². The second kappa shape index (κ2) is 6.68. The van der Waals surface area contributed by atoms with E-state index in [9.17, 15) is 4.79 Å². The number of para-hydroxylation sites is 1. The minimum Gasteiger partial charge on any atom is -0.462 e. The molecule has 1 aromatic heterocycles. The van der Waals surface area contributed by atoms with Gasteiger partial charge in [-0.2, -0.15) is 0 Å². The molecule has 0 amide bonds. The van der Waals surface area contributed by atoms with Crippen molar-refractivity contribution in [2.24, 2.45) is 0 Å². The first-order valence-electron chi connectivity index (χ1n) is 9.01. The van der Waals surface area contributed by atoms with Gasteiger partial charge >= 0.3 is 5.97 Å². The van der Waals surface area contributed by atoms with Gasteiger partial charge in [-0.25, -0.2) is 4.79 Å². The van der Waals surface area contributed by atoms with Crippen molar-refractivity contribution in [1.82, 2.24) is 4.57 Å². The molecule has 0 saturated heterocycles. The van der Waals surface area contributed by atoms with Crippen LogP contribution < -0.4 is 0 Å². The number of aryl methyl sites for hydroxylation is 1. The minimum absolute atomic E-state index is 0.277. The number of hydrogen-bond acceptors (Lipinski definition) is 2. The molecule has 0 unspecified atom stereocenters. The molecule has 0 spiro atoms. The van der Waals surface area contributed by atoms with E-state index in [1.165, 1.54) is 21.8 Å². The maximum atomic E-state index is 11.8. The number of ether oxygens (including phenoxy) is 1. The van der Waals surface area contributed by atoms with Crippen molar-refractivity contribution >= 4 is 27.8 Å². The number of esters is 1. The molecule has 130 valence electrons. The predicted molar refractivity (Wildman–Crippen MR) is 107 cm³/mol. The van der Waals surface area contributed by atoms with Crippen LogP contribution in [0.25, 0.3) is 32.9 Å². The van der Waals surface area contributed by atoms with Gasteiger partial charge in [0, 0.05) is 28.4 Å². The van der Waals surface area contributed by atoms with E-state index in [2.05, 4.69) is 54.0 Å². The van der Waals surface area contributed by atoms with Gasteiger partial charge in [-0.15, -0.1) is 0 Å². The molecule has 4 aromatic rings. The van der Waals surface area contributed by atoms with Crippen LogP contribution in [0.4, 0.5) is 0 Å². The normalized spacial score (nSPS) is 11.2. The second-order valence-electron chi connectivity index (χ2n) is 6.29. The third-order valence-corrected chi connectivity index (χ3v) is 4.82. The number of carbonyl (C=O) groups excluding carboxylic acids is 1. The average Bonchev–Trinajstić information content (AvgIpc) is 3.01. The van der Waals surface area contributed by atoms with E-state index in [0.717, 1.165) is 17.7 Å². The first-order valence-corrected chi connectivity index (χ1v) is 9.01. The van der Waals surface area contributed by atoms with Crippen LogP contribution in [0.1, 0.15) is 24.2 Å². The Morgan fingerprint density at radius 2 is 1.54 bits per heavy atom. The quantitative estimate of drug-likeness (QED) is 0.448. The zero-order valence-corrected chi connectivity index (χ0v) is 15.0. The highest BCUT2D eigenvalue weighted by Crippen LogP contribution is 2.32. The van der Waals surface area contributed by atoms with Crippen LogP contribution in [0.15, 0.2) is 66.7 Å². The van der Waals surface area contributed by atoms with Crippen molar-refractivity contribution < 1.29 is 9.53 Å². The van der Waals surface area contributed by atoms with Crippen LogP contribution in [-0.4, -0.2) is 17.1 Å². The summed E-state index contributed by atoms with van der Waals surface area (Å²) in [5.41, 5.74) is 5.33. The van der Waals surface area contributed by atoms with Crippen molar-refractivity contribution in [1.29, 1.82) is 0 Å². The lowest BCUT2D eigenvalue weighted by atomic mass is 10.0. The first kappa shape index (κ1) is 16.4. The Morgan fingerprint density at radius 1 is 0.846 bits per heavy atom. The van der Waals surface area contributed by atoms with Crippen LogP contribution in [0.2, 0.25) is 0 Å². The molecule has 0 saturated carbocycles. The molecule has 3 nitrogen and oxygen atoms in total. The number of carbonyl (C=O) groups is 1. The number of benzene rings is 3. The molecule has 0 radical (unpaired) electrons. The number of aromatic nitrogens is 1. The van der Waals surface area contributed by atoms with Crippen molar-refractivity contribution in [3.05, 3.63) is 72.3 Å². The minimum atomic E-state index is -0.277. The van der Waals surface area contributed by atoms with Crippen LogP contribution in [0.3, 0.4) is 0 Å². The molecule has 3 heteroatoms. The zero-order valence-electron chi connectivity index (χ0n) is 15.0. The smallest absolute Gasteiger partial charge is 0.338 e. The Labute approximate surface area is 152 Å². The van der Waals surface area contributed by atoms with Gasteiger partial charge in [-0.3, -0.25) is 0 Å². The molecule has 1 heterocycles. The van der Waals surface area contributed by atoms with E-state index in [0.29, 0.717) is 12.2 Å². The third-order valence-electron chi connectivity index (χ3n) is 4.82. The van der Waals surface area contributed by atoms with E-state index in [4.69, 9.17) is 4.74 Å². The van der Waals surface area contributed by atoms with Gasteiger partial charge in [0.2, 0.25) is 0 Å². The van der Waals surface area contributed by atoms with Gasteiger partial charge in [0.15, 0.2) is 0 Å². The Hall–Kier alpha value is -3.07. The van der Waals surface area contributed by atoms with Crippen molar-refractivity contribution in [3.8, 4) is 11.1 Å². The molecule has 0 bridgehead atoms. The van der Waals surface area contributed by atoms with E-state index in [1.807, 2.05) is 31.2 Å². The molecule has 0 atom stereocenters. The lowest BCUT2D eigenvalue weighted by Crippen LogP contribution is -2.03. The Bertz CT molecular complexity index is 1090. The summed E-state index contributed by atoms with van der Waals surface area (Å²) >= 11 is 0. The van der Waals surface area contributed by atoms with Gasteiger partial charge in [-0.1, -0.05) is 36.4 Å². The lowest BCUT2D eigenvalue weighted by Gasteiger charge is -2.06. The summed E-state index contributed by atoms with van der Waals surface area (Å²) in [6.07, 6.45) is 0. The third kappa shape index (κ3) is 2.66. The molecule has 0 N–H and O–H groups in total. The molecule has 0 aliphatic heterocycles.